The highest BCUT2D eigenvalue weighted by Gasteiger charge is 2.33. The van der Waals surface area contributed by atoms with Crippen LogP contribution in [0, 0.1) is 5.82 Å². The van der Waals surface area contributed by atoms with Crippen molar-refractivity contribution in [1.82, 2.24) is 43.9 Å². The summed E-state index contributed by atoms with van der Waals surface area (Å²) in [5, 5.41) is 18.8. The van der Waals surface area contributed by atoms with E-state index >= 15 is 4.39 Å². The van der Waals surface area contributed by atoms with Gasteiger partial charge < -0.3 is 19.9 Å². The molecule has 66 heavy (non-hydrogen) atoms. The van der Waals surface area contributed by atoms with Crippen LogP contribution in [0.4, 0.5) is 10.1 Å². The summed E-state index contributed by atoms with van der Waals surface area (Å²) in [6.07, 6.45) is 8.87. The highest BCUT2D eigenvalue weighted by Crippen LogP contribution is 2.40. The summed E-state index contributed by atoms with van der Waals surface area (Å²) < 4.78 is 21.8. The topological polar surface area (TPSA) is 157 Å². The number of anilines is 1. The van der Waals surface area contributed by atoms with Crippen molar-refractivity contribution in [2.75, 3.05) is 63.8 Å². The van der Waals surface area contributed by atoms with E-state index in [1.807, 2.05) is 46.3 Å². The van der Waals surface area contributed by atoms with Gasteiger partial charge in [-0.1, -0.05) is 24.3 Å². The molecule has 4 aliphatic heterocycles. The van der Waals surface area contributed by atoms with Crippen LogP contribution in [0.2, 0.25) is 0 Å². The van der Waals surface area contributed by atoms with E-state index in [2.05, 4.69) is 55.5 Å². The maximum atomic E-state index is 16.9. The zero-order chi connectivity index (χ0) is 45.5. The number of hydrogen-bond donors (Lipinski definition) is 3. The molecule has 4 saturated heterocycles. The highest BCUT2D eigenvalue weighted by atomic mass is 19.1. The van der Waals surface area contributed by atoms with Crippen LogP contribution in [0.3, 0.4) is 0 Å². The maximum Gasteiger partial charge on any atom is 0.329 e. The Morgan fingerprint density at radius 3 is 2.48 bits per heavy atom. The molecule has 3 aromatic carbocycles. The van der Waals surface area contributed by atoms with Crippen LogP contribution in [0.1, 0.15) is 86.4 Å². The molecule has 2 unspecified atom stereocenters. The molecule has 3 atom stereocenters. The van der Waals surface area contributed by atoms with E-state index in [0.29, 0.717) is 49.2 Å². The second kappa shape index (κ2) is 18.6. The Morgan fingerprint density at radius 2 is 1.73 bits per heavy atom. The van der Waals surface area contributed by atoms with Gasteiger partial charge in [0.15, 0.2) is 5.82 Å². The Hall–Kier alpha value is -6.10. The van der Waals surface area contributed by atoms with Gasteiger partial charge in [-0.3, -0.25) is 43.3 Å². The van der Waals surface area contributed by atoms with Crippen molar-refractivity contribution < 1.29 is 23.9 Å². The van der Waals surface area contributed by atoms with E-state index in [1.54, 1.807) is 27.1 Å². The summed E-state index contributed by atoms with van der Waals surface area (Å²) in [6.45, 7) is 7.68. The Kier molecular flexibility index (Phi) is 12.4. The third-order valence-corrected chi connectivity index (χ3v) is 14.5. The number of likely N-dealkylation sites (tertiary alicyclic amines) is 2. The Labute approximate surface area is 382 Å². The van der Waals surface area contributed by atoms with Gasteiger partial charge in [0, 0.05) is 108 Å². The fourth-order valence-corrected chi connectivity index (χ4v) is 10.9. The number of carbonyl (C=O) groups is 3. The number of aryl methyl sites for hydroxylation is 3. The van der Waals surface area contributed by atoms with Gasteiger partial charge in [0.1, 0.15) is 12.3 Å². The molecule has 16 heteroatoms. The molecule has 346 valence electrons. The SMILES string of the molecule is Cn1c(=O)n(C2CCC(=O)NC2=O)c2cccc(CCCN3CCN(c4ccc(-c5cc([C@H]6CCCN(C(=O)CCn7cccn7)C6)c(F)c6[nH]c(C(O)N7CCCC7)cc56)cc4)CC3)c21. The number of aliphatic hydroxyl groups excluding tert-OH is 1. The predicted octanol–water partition coefficient (Wildman–Crippen LogP) is 5.44. The number of H-pyrrole nitrogens is 1. The van der Waals surface area contributed by atoms with E-state index < -0.39 is 18.2 Å². The lowest BCUT2D eigenvalue weighted by Gasteiger charge is -2.36. The van der Waals surface area contributed by atoms with E-state index in [1.165, 1.54) is 0 Å². The number of nitrogens with one attached hydrogen (secondary N) is 2. The molecule has 0 bridgehead atoms. The summed E-state index contributed by atoms with van der Waals surface area (Å²) in [5.41, 5.74) is 6.93. The molecule has 0 aliphatic carbocycles. The Bertz CT molecular complexity index is 2800. The van der Waals surface area contributed by atoms with Gasteiger partial charge in [0.2, 0.25) is 17.7 Å². The molecular formula is C50H59FN10O5. The van der Waals surface area contributed by atoms with Gasteiger partial charge in [0.05, 0.1) is 22.2 Å². The molecule has 15 nitrogen and oxygen atoms in total. The van der Waals surface area contributed by atoms with Gasteiger partial charge in [-0.05, 0) is 110 Å². The third kappa shape index (κ3) is 8.57. The number of benzene rings is 3. The van der Waals surface area contributed by atoms with Crippen molar-refractivity contribution in [2.45, 2.75) is 82.5 Å². The van der Waals surface area contributed by atoms with Crippen LogP contribution in [-0.4, -0.2) is 120 Å². The Balaban J connectivity index is 0.820. The molecule has 0 spiro atoms. The van der Waals surface area contributed by atoms with Gasteiger partial charge in [-0.25, -0.2) is 9.18 Å². The number of imide groups is 1. The maximum absolute atomic E-state index is 16.9. The van der Waals surface area contributed by atoms with Crippen LogP contribution in [0.5, 0.6) is 0 Å². The average molecular weight is 899 g/mol. The normalized spacial score (nSPS) is 20.5. The lowest BCUT2D eigenvalue weighted by molar-refractivity contribution is -0.136. The first-order valence-electron chi connectivity index (χ1n) is 23.7. The highest BCUT2D eigenvalue weighted by molar-refractivity contribution is 6.00. The number of para-hydroxylation sites is 1. The standard InChI is InChI=1S/C50H59FN10O5/c1-55-47-34(8-4-11-41(47)61(50(55)66)42-16-17-43(62)54-48(42)64)9-5-20-56-26-28-57(29-27-56)36-14-12-33(13-15-36)37-30-38(35-10-6-23-59(32-35)44(63)18-25-60-24-7-19-52-60)45(51)46-39(37)31-40(53-46)49(65)58-21-2-3-22-58/h4,7-8,11-15,19,24,30-31,35,42,49,53,65H,2-3,5-6,9-10,16-18,20-23,25-29,32H2,1H3,(H,54,62,64)/t35-,42?,49?/m0/s1. The number of fused-ring (bicyclic) bond motifs is 2. The third-order valence-electron chi connectivity index (χ3n) is 14.5. The molecule has 3 N–H and O–H groups in total. The smallest absolute Gasteiger partial charge is 0.329 e. The van der Waals surface area contributed by atoms with Crippen molar-refractivity contribution in [1.29, 1.82) is 0 Å². The number of aromatic amines is 1. The molecule has 10 rings (SSSR count). The summed E-state index contributed by atoms with van der Waals surface area (Å²) in [5.74, 6) is -1.17. The molecule has 4 aliphatic rings. The number of nitrogens with zero attached hydrogens (tertiary/aromatic N) is 8. The quantitative estimate of drug-likeness (QED) is 0.129. The first-order chi connectivity index (χ1) is 32.1. The number of rotatable bonds is 13. The van der Waals surface area contributed by atoms with E-state index in [-0.39, 0.29) is 35.7 Å². The van der Waals surface area contributed by atoms with Crippen LogP contribution in [-0.2, 0) is 34.4 Å². The fourth-order valence-electron chi connectivity index (χ4n) is 10.9. The second-order valence-electron chi connectivity index (χ2n) is 18.6. The van der Waals surface area contributed by atoms with Crippen LogP contribution in [0.25, 0.3) is 33.1 Å². The first-order valence-corrected chi connectivity index (χ1v) is 23.7. The van der Waals surface area contributed by atoms with Crippen molar-refractivity contribution in [2.24, 2.45) is 7.05 Å². The molecule has 7 heterocycles. The molecule has 0 radical (unpaired) electrons. The second-order valence-corrected chi connectivity index (χ2v) is 18.6. The molecular weight excluding hydrogens is 840 g/mol. The predicted molar refractivity (Wildman–Crippen MR) is 250 cm³/mol. The van der Waals surface area contributed by atoms with Gasteiger partial charge in [0.25, 0.3) is 0 Å². The molecule has 4 fully saturated rings. The van der Waals surface area contributed by atoms with Gasteiger partial charge in [-0.2, -0.15) is 5.10 Å². The number of hydrogen-bond acceptors (Lipinski definition) is 9. The van der Waals surface area contributed by atoms with Gasteiger partial charge >= 0.3 is 5.69 Å². The number of piperazine rings is 1. The monoisotopic (exact) mass is 898 g/mol. The zero-order valence-corrected chi connectivity index (χ0v) is 37.6. The Morgan fingerprint density at radius 1 is 0.924 bits per heavy atom. The number of halogens is 1. The minimum atomic E-state index is -0.849. The number of amides is 3. The molecule has 6 aromatic rings. The summed E-state index contributed by atoms with van der Waals surface area (Å²) >= 11 is 0. The number of imidazole rings is 1. The van der Waals surface area contributed by atoms with Crippen LogP contribution >= 0.6 is 0 Å². The molecule has 3 amide bonds. The summed E-state index contributed by atoms with van der Waals surface area (Å²) in [7, 11) is 1.75. The zero-order valence-electron chi connectivity index (χ0n) is 37.6. The average Bonchev–Trinajstić information content (AvgIpc) is 4.18. The number of aliphatic hydroxyl groups is 1. The minimum Gasteiger partial charge on any atom is -0.373 e. The van der Waals surface area contributed by atoms with Crippen molar-refractivity contribution in [3.05, 3.63) is 106 Å². The van der Waals surface area contributed by atoms with Crippen molar-refractivity contribution in [3.63, 3.8) is 0 Å². The number of piperidine rings is 2. The van der Waals surface area contributed by atoms with E-state index in [9.17, 15) is 24.3 Å². The summed E-state index contributed by atoms with van der Waals surface area (Å²) in [6, 6.07) is 19.5. The molecule has 3 aromatic heterocycles. The summed E-state index contributed by atoms with van der Waals surface area (Å²) in [4.78, 5) is 63.4. The lowest BCUT2D eigenvalue weighted by atomic mass is 9.87. The van der Waals surface area contributed by atoms with Crippen molar-refractivity contribution >= 4 is 45.3 Å². The van der Waals surface area contributed by atoms with Crippen LogP contribution in [0.15, 0.2) is 77.9 Å². The largest absolute Gasteiger partial charge is 0.373 e. The molecule has 0 saturated carbocycles. The fraction of sp³-hybridized carbons (Fsp3) is 0.460. The van der Waals surface area contributed by atoms with E-state index in [4.69, 9.17) is 0 Å². The first kappa shape index (κ1) is 43.8. The van der Waals surface area contributed by atoms with E-state index in [0.717, 1.165) is 123 Å². The number of carbonyl (C=O) groups excluding carboxylic acids is 3. The lowest BCUT2D eigenvalue weighted by Crippen LogP contribution is -2.46. The van der Waals surface area contributed by atoms with Crippen molar-refractivity contribution in [3.8, 4) is 11.1 Å². The minimum absolute atomic E-state index is 0.0488. The van der Waals surface area contributed by atoms with Gasteiger partial charge in [-0.15, -0.1) is 0 Å². The number of aromatic nitrogens is 5. The van der Waals surface area contributed by atoms with Crippen LogP contribution < -0.4 is 15.9 Å².